The fraction of sp³-hybridized carbons (Fsp3) is 0.269. The summed E-state index contributed by atoms with van der Waals surface area (Å²) in [4.78, 5) is 15.1. The fourth-order valence-corrected chi connectivity index (χ4v) is 4.98. The number of rotatable bonds is 4. The predicted octanol–water partition coefficient (Wildman–Crippen LogP) is 6.17. The zero-order valence-electron chi connectivity index (χ0n) is 16.9. The molecule has 2 aliphatic rings. The Balaban J connectivity index is 1.44. The van der Waals surface area contributed by atoms with Gasteiger partial charge in [0.15, 0.2) is 0 Å². The van der Waals surface area contributed by atoms with E-state index < -0.39 is 0 Å². The number of nitrogens with one attached hydrogen (secondary N) is 1. The SMILES string of the molecule is O=C(OCc1ccccc1)N1c2ccccc2C(Nc2ccccc2)C2CCCC21. The lowest BCUT2D eigenvalue weighted by atomic mass is 9.83. The molecule has 1 heterocycles. The predicted molar refractivity (Wildman–Crippen MR) is 119 cm³/mol. The molecule has 0 radical (unpaired) electrons. The molecule has 0 aromatic heterocycles. The zero-order chi connectivity index (χ0) is 20.3. The van der Waals surface area contributed by atoms with Crippen LogP contribution in [-0.2, 0) is 11.3 Å². The highest BCUT2D eigenvalue weighted by atomic mass is 16.6. The topological polar surface area (TPSA) is 41.6 Å². The van der Waals surface area contributed by atoms with Gasteiger partial charge in [-0.05, 0) is 42.2 Å². The average molecular weight is 399 g/mol. The van der Waals surface area contributed by atoms with Gasteiger partial charge < -0.3 is 10.1 Å². The van der Waals surface area contributed by atoms with Crippen molar-refractivity contribution in [3.63, 3.8) is 0 Å². The van der Waals surface area contributed by atoms with Crippen LogP contribution in [-0.4, -0.2) is 12.1 Å². The third kappa shape index (κ3) is 3.54. The van der Waals surface area contributed by atoms with E-state index >= 15 is 0 Å². The molecule has 1 aliphatic carbocycles. The Labute approximate surface area is 177 Å². The smallest absolute Gasteiger partial charge is 0.414 e. The molecule has 30 heavy (non-hydrogen) atoms. The molecular weight excluding hydrogens is 372 g/mol. The maximum absolute atomic E-state index is 13.2. The summed E-state index contributed by atoms with van der Waals surface area (Å²) < 4.78 is 5.75. The Morgan fingerprint density at radius 1 is 0.900 bits per heavy atom. The summed E-state index contributed by atoms with van der Waals surface area (Å²) >= 11 is 0. The van der Waals surface area contributed by atoms with Crippen LogP contribution in [0, 0.1) is 5.92 Å². The van der Waals surface area contributed by atoms with Crippen molar-refractivity contribution in [1.29, 1.82) is 0 Å². The molecule has 1 saturated carbocycles. The van der Waals surface area contributed by atoms with Crippen LogP contribution in [0.3, 0.4) is 0 Å². The van der Waals surface area contributed by atoms with Crippen molar-refractivity contribution >= 4 is 17.5 Å². The van der Waals surface area contributed by atoms with Crippen LogP contribution in [0.15, 0.2) is 84.9 Å². The van der Waals surface area contributed by atoms with E-state index in [1.54, 1.807) is 0 Å². The van der Waals surface area contributed by atoms with E-state index in [2.05, 4.69) is 41.7 Å². The van der Waals surface area contributed by atoms with E-state index in [9.17, 15) is 4.79 Å². The third-order valence-electron chi connectivity index (χ3n) is 6.32. The highest BCUT2D eigenvalue weighted by Crippen LogP contribution is 2.49. The number of amides is 1. The van der Waals surface area contributed by atoms with Crippen LogP contribution < -0.4 is 10.2 Å². The molecule has 152 valence electrons. The Hall–Kier alpha value is -3.27. The maximum Gasteiger partial charge on any atom is 0.414 e. The largest absolute Gasteiger partial charge is 0.444 e. The quantitative estimate of drug-likeness (QED) is 0.572. The standard InChI is InChI=1S/C26H26N2O2/c29-26(30-18-19-10-3-1-4-11-19)28-23-16-8-7-14-21(23)25(22-15-9-17-24(22)28)27-20-12-5-2-6-13-20/h1-8,10-14,16,22,24-25,27H,9,15,17-18H2. The van der Waals surface area contributed by atoms with Gasteiger partial charge in [0.25, 0.3) is 0 Å². The van der Waals surface area contributed by atoms with Crippen molar-refractivity contribution in [1.82, 2.24) is 0 Å². The second-order valence-electron chi connectivity index (χ2n) is 8.12. The lowest BCUT2D eigenvalue weighted by Crippen LogP contribution is -2.49. The molecule has 1 amide bonds. The summed E-state index contributed by atoms with van der Waals surface area (Å²) in [6.45, 7) is 0.293. The Morgan fingerprint density at radius 2 is 1.60 bits per heavy atom. The van der Waals surface area contributed by atoms with E-state index in [-0.39, 0.29) is 18.2 Å². The van der Waals surface area contributed by atoms with Gasteiger partial charge in [0.2, 0.25) is 0 Å². The van der Waals surface area contributed by atoms with Gasteiger partial charge in [0.1, 0.15) is 6.61 Å². The molecular formula is C26H26N2O2. The molecule has 1 aliphatic heterocycles. The van der Waals surface area contributed by atoms with Gasteiger partial charge in [0, 0.05) is 17.6 Å². The van der Waals surface area contributed by atoms with E-state index in [4.69, 9.17) is 4.74 Å². The number of carbonyl (C=O) groups is 1. The molecule has 0 spiro atoms. The summed E-state index contributed by atoms with van der Waals surface area (Å²) in [5.41, 5.74) is 4.25. The van der Waals surface area contributed by atoms with Crippen LogP contribution in [0.1, 0.15) is 36.4 Å². The highest BCUT2D eigenvalue weighted by Gasteiger charge is 2.46. The molecule has 3 unspecified atom stereocenters. The highest BCUT2D eigenvalue weighted by molar-refractivity contribution is 5.90. The summed E-state index contributed by atoms with van der Waals surface area (Å²) in [6, 6.07) is 28.8. The van der Waals surface area contributed by atoms with Gasteiger partial charge in [-0.15, -0.1) is 0 Å². The summed E-state index contributed by atoms with van der Waals surface area (Å²) in [6.07, 6.45) is 2.98. The molecule has 4 heteroatoms. The van der Waals surface area contributed by atoms with E-state index in [0.29, 0.717) is 12.5 Å². The van der Waals surface area contributed by atoms with Crippen LogP contribution >= 0.6 is 0 Å². The number of carbonyl (C=O) groups excluding carboxylic acids is 1. The molecule has 0 saturated heterocycles. The van der Waals surface area contributed by atoms with Crippen molar-refractivity contribution in [2.75, 3.05) is 10.2 Å². The fourth-order valence-electron chi connectivity index (χ4n) is 4.98. The minimum Gasteiger partial charge on any atom is -0.444 e. The first-order valence-corrected chi connectivity index (χ1v) is 10.7. The van der Waals surface area contributed by atoms with Gasteiger partial charge in [-0.3, -0.25) is 4.90 Å². The normalized spacial score (nSPS) is 22.1. The number of benzene rings is 3. The zero-order valence-corrected chi connectivity index (χ0v) is 16.9. The van der Waals surface area contributed by atoms with Gasteiger partial charge in [-0.25, -0.2) is 4.79 Å². The van der Waals surface area contributed by atoms with Gasteiger partial charge in [-0.2, -0.15) is 0 Å². The molecule has 1 fully saturated rings. The molecule has 1 N–H and O–H groups in total. The summed E-state index contributed by atoms with van der Waals surface area (Å²) in [5.74, 6) is 0.365. The van der Waals surface area contributed by atoms with Crippen LogP contribution in [0.5, 0.6) is 0 Å². The molecule has 5 rings (SSSR count). The Morgan fingerprint density at radius 3 is 2.40 bits per heavy atom. The second kappa shape index (κ2) is 8.23. The van der Waals surface area contributed by atoms with Crippen LogP contribution in [0.25, 0.3) is 0 Å². The number of para-hydroxylation sites is 2. The third-order valence-corrected chi connectivity index (χ3v) is 6.32. The van der Waals surface area contributed by atoms with Crippen LogP contribution in [0.4, 0.5) is 16.2 Å². The molecule has 0 bridgehead atoms. The average Bonchev–Trinajstić information content (AvgIpc) is 3.28. The van der Waals surface area contributed by atoms with Crippen LogP contribution in [0.2, 0.25) is 0 Å². The van der Waals surface area contributed by atoms with E-state index in [1.165, 1.54) is 5.56 Å². The maximum atomic E-state index is 13.2. The minimum atomic E-state index is -0.249. The first-order valence-electron chi connectivity index (χ1n) is 10.7. The lowest BCUT2D eigenvalue weighted by molar-refractivity contribution is 0.141. The number of anilines is 2. The van der Waals surface area contributed by atoms with Crippen molar-refractivity contribution in [3.05, 3.63) is 96.1 Å². The molecule has 3 aromatic rings. The van der Waals surface area contributed by atoms with Gasteiger partial charge in [-0.1, -0.05) is 73.2 Å². The van der Waals surface area contributed by atoms with E-state index in [1.807, 2.05) is 53.4 Å². The Kier molecular flexibility index (Phi) is 5.14. The molecule has 4 nitrogen and oxygen atoms in total. The summed E-state index contributed by atoms with van der Waals surface area (Å²) in [7, 11) is 0. The van der Waals surface area contributed by atoms with E-state index in [0.717, 1.165) is 36.2 Å². The Bertz CT molecular complexity index is 1010. The van der Waals surface area contributed by atoms with Crippen molar-refractivity contribution in [3.8, 4) is 0 Å². The number of nitrogens with zero attached hydrogens (tertiary/aromatic N) is 1. The number of fused-ring (bicyclic) bond motifs is 2. The number of ether oxygens (including phenoxy) is 1. The second-order valence-corrected chi connectivity index (χ2v) is 8.12. The van der Waals surface area contributed by atoms with Crippen molar-refractivity contribution in [2.45, 2.75) is 38.0 Å². The first-order chi connectivity index (χ1) is 14.8. The minimum absolute atomic E-state index is 0.157. The van der Waals surface area contributed by atoms with Gasteiger partial charge in [0.05, 0.1) is 11.7 Å². The molecule has 3 aromatic carbocycles. The first kappa shape index (κ1) is 18.7. The van der Waals surface area contributed by atoms with Gasteiger partial charge >= 0.3 is 6.09 Å². The number of hydrogen-bond donors (Lipinski definition) is 1. The molecule has 3 atom stereocenters. The summed E-state index contributed by atoms with van der Waals surface area (Å²) in [5, 5.41) is 3.75. The van der Waals surface area contributed by atoms with Crippen molar-refractivity contribution in [2.24, 2.45) is 5.92 Å². The monoisotopic (exact) mass is 398 g/mol. The van der Waals surface area contributed by atoms with Crippen molar-refractivity contribution < 1.29 is 9.53 Å². The lowest BCUT2D eigenvalue weighted by Gasteiger charge is -2.43. The number of hydrogen-bond acceptors (Lipinski definition) is 3.